The van der Waals surface area contributed by atoms with Gasteiger partial charge < -0.3 is 21.5 Å². The van der Waals surface area contributed by atoms with E-state index in [1.807, 2.05) is 18.2 Å². The molecule has 0 amide bonds. The van der Waals surface area contributed by atoms with Crippen molar-refractivity contribution in [3.8, 4) is 5.75 Å². The van der Waals surface area contributed by atoms with Crippen LogP contribution >= 0.6 is 11.6 Å². The van der Waals surface area contributed by atoms with Gasteiger partial charge in [-0.05, 0) is 24.3 Å². The molecule has 5 N–H and O–H groups in total. The molecule has 5 nitrogen and oxygen atoms in total. The molecular weight excluding hydrogens is 264 g/mol. The van der Waals surface area contributed by atoms with E-state index in [0.29, 0.717) is 28.9 Å². The van der Waals surface area contributed by atoms with Gasteiger partial charge in [0.2, 0.25) is 0 Å². The molecule has 0 fully saturated rings. The molecule has 1 aromatic carbocycles. The number of anilines is 3. The average molecular weight is 279 g/mol. The number of aromatic nitrogens is 1. The summed E-state index contributed by atoms with van der Waals surface area (Å²) >= 11 is 6.15. The van der Waals surface area contributed by atoms with Crippen molar-refractivity contribution in [3.05, 3.63) is 40.9 Å². The van der Waals surface area contributed by atoms with Gasteiger partial charge in [0.25, 0.3) is 0 Å². The van der Waals surface area contributed by atoms with E-state index in [2.05, 4.69) is 10.3 Å². The van der Waals surface area contributed by atoms with Crippen LogP contribution in [0.2, 0.25) is 5.02 Å². The molecule has 6 heteroatoms. The molecule has 0 saturated carbocycles. The summed E-state index contributed by atoms with van der Waals surface area (Å²) in [6, 6.07) is 8.97. The summed E-state index contributed by atoms with van der Waals surface area (Å²) in [7, 11) is 1.61. The predicted molar refractivity (Wildman–Crippen MR) is 78.4 cm³/mol. The van der Waals surface area contributed by atoms with Crippen molar-refractivity contribution in [2.45, 2.75) is 6.54 Å². The number of hydrogen-bond donors (Lipinski definition) is 3. The van der Waals surface area contributed by atoms with Crippen LogP contribution in [-0.4, -0.2) is 12.1 Å². The normalized spacial score (nSPS) is 10.2. The minimum atomic E-state index is 0.302. The van der Waals surface area contributed by atoms with Crippen molar-refractivity contribution in [2.75, 3.05) is 23.9 Å². The third-order valence-electron chi connectivity index (χ3n) is 2.70. The lowest BCUT2D eigenvalue weighted by Gasteiger charge is -2.12. The minimum Gasteiger partial charge on any atom is -0.496 e. The molecular formula is C13H15ClN4O. The first-order chi connectivity index (χ1) is 9.11. The van der Waals surface area contributed by atoms with Crippen molar-refractivity contribution in [1.82, 2.24) is 4.98 Å². The van der Waals surface area contributed by atoms with Crippen molar-refractivity contribution in [1.29, 1.82) is 0 Å². The van der Waals surface area contributed by atoms with Gasteiger partial charge >= 0.3 is 0 Å². The van der Waals surface area contributed by atoms with Crippen LogP contribution in [0.25, 0.3) is 0 Å². The minimum absolute atomic E-state index is 0.302. The number of benzene rings is 1. The van der Waals surface area contributed by atoms with Crippen LogP contribution in [0.5, 0.6) is 5.75 Å². The summed E-state index contributed by atoms with van der Waals surface area (Å²) in [6.45, 7) is 0.485. The first-order valence-corrected chi connectivity index (χ1v) is 6.07. The summed E-state index contributed by atoms with van der Waals surface area (Å²) in [5.41, 5.74) is 12.6. The van der Waals surface area contributed by atoms with Gasteiger partial charge in [0.15, 0.2) is 0 Å². The van der Waals surface area contributed by atoms with E-state index in [9.17, 15) is 0 Å². The molecule has 0 unspecified atom stereocenters. The SMILES string of the molecule is COc1cccc(Cl)c1CNc1ccc(N)c(N)n1. The molecule has 2 aromatic rings. The van der Waals surface area contributed by atoms with Crippen molar-refractivity contribution >= 4 is 28.9 Å². The largest absolute Gasteiger partial charge is 0.496 e. The zero-order valence-corrected chi connectivity index (χ0v) is 11.2. The third kappa shape index (κ3) is 3.00. The summed E-state index contributed by atoms with van der Waals surface area (Å²) in [4.78, 5) is 4.13. The van der Waals surface area contributed by atoms with Crippen molar-refractivity contribution in [3.63, 3.8) is 0 Å². The summed E-state index contributed by atoms with van der Waals surface area (Å²) < 4.78 is 5.27. The van der Waals surface area contributed by atoms with E-state index in [1.165, 1.54) is 0 Å². The van der Waals surface area contributed by atoms with Gasteiger partial charge in [-0.25, -0.2) is 4.98 Å². The first-order valence-electron chi connectivity index (χ1n) is 5.69. The number of pyridine rings is 1. The van der Waals surface area contributed by atoms with Crippen LogP contribution < -0.4 is 21.5 Å². The smallest absolute Gasteiger partial charge is 0.149 e. The second-order valence-corrected chi connectivity index (χ2v) is 4.35. The maximum atomic E-state index is 6.15. The van der Waals surface area contributed by atoms with Crippen LogP contribution in [0, 0.1) is 0 Å². The molecule has 0 aliphatic rings. The molecule has 0 radical (unpaired) electrons. The zero-order valence-electron chi connectivity index (χ0n) is 10.5. The number of nitrogens with zero attached hydrogens (tertiary/aromatic N) is 1. The second kappa shape index (κ2) is 5.67. The van der Waals surface area contributed by atoms with Gasteiger partial charge in [0.1, 0.15) is 17.4 Å². The zero-order chi connectivity index (χ0) is 13.8. The predicted octanol–water partition coefficient (Wildman–Crippen LogP) is 2.52. The highest BCUT2D eigenvalue weighted by molar-refractivity contribution is 6.31. The maximum Gasteiger partial charge on any atom is 0.149 e. The number of nitrogen functional groups attached to an aromatic ring is 2. The number of nitrogens with two attached hydrogens (primary N) is 2. The summed E-state index contributed by atoms with van der Waals surface area (Å²) in [5, 5.41) is 3.77. The number of halogens is 1. The monoisotopic (exact) mass is 278 g/mol. The average Bonchev–Trinajstić information content (AvgIpc) is 2.41. The van der Waals surface area contributed by atoms with Crippen LogP contribution in [0.3, 0.4) is 0 Å². The topological polar surface area (TPSA) is 86.2 Å². The molecule has 0 aliphatic heterocycles. The van der Waals surface area contributed by atoms with Crippen LogP contribution in [0.1, 0.15) is 5.56 Å². The summed E-state index contributed by atoms with van der Waals surface area (Å²) in [5.74, 6) is 1.66. The molecule has 1 heterocycles. The van der Waals surface area contributed by atoms with Crippen LogP contribution in [0.15, 0.2) is 30.3 Å². The molecule has 0 spiro atoms. The summed E-state index contributed by atoms with van der Waals surface area (Å²) in [6.07, 6.45) is 0. The standard InChI is InChI=1S/C13H15ClN4O/c1-19-11-4-2-3-9(14)8(11)7-17-12-6-5-10(15)13(16)18-12/h2-6H,7,15H2,1H3,(H3,16,17,18). The second-order valence-electron chi connectivity index (χ2n) is 3.95. The fourth-order valence-corrected chi connectivity index (χ4v) is 1.90. The highest BCUT2D eigenvalue weighted by Crippen LogP contribution is 2.27. The van der Waals surface area contributed by atoms with E-state index < -0.39 is 0 Å². The number of hydrogen-bond acceptors (Lipinski definition) is 5. The van der Waals surface area contributed by atoms with Crippen LogP contribution in [0.4, 0.5) is 17.3 Å². The molecule has 0 bridgehead atoms. The van der Waals surface area contributed by atoms with E-state index >= 15 is 0 Å². The van der Waals surface area contributed by atoms with Gasteiger partial charge in [-0.3, -0.25) is 0 Å². The lowest BCUT2D eigenvalue weighted by Crippen LogP contribution is -2.06. The van der Waals surface area contributed by atoms with E-state index in [-0.39, 0.29) is 0 Å². The molecule has 0 atom stereocenters. The maximum absolute atomic E-state index is 6.15. The quantitative estimate of drug-likeness (QED) is 0.800. The first kappa shape index (κ1) is 13.3. The van der Waals surface area contributed by atoms with E-state index in [1.54, 1.807) is 19.2 Å². The molecule has 100 valence electrons. The highest BCUT2D eigenvalue weighted by atomic mass is 35.5. The molecule has 19 heavy (non-hydrogen) atoms. The Morgan fingerprint density at radius 1 is 1.26 bits per heavy atom. The Morgan fingerprint density at radius 2 is 2.05 bits per heavy atom. The Hall–Kier alpha value is -2.14. The van der Waals surface area contributed by atoms with Gasteiger partial charge in [0.05, 0.1) is 12.8 Å². The molecule has 1 aromatic heterocycles. The Balaban J connectivity index is 2.16. The van der Waals surface area contributed by atoms with Gasteiger partial charge in [-0.1, -0.05) is 17.7 Å². The van der Waals surface area contributed by atoms with Gasteiger partial charge in [-0.2, -0.15) is 0 Å². The number of methoxy groups -OCH3 is 1. The molecule has 2 rings (SSSR count). The fourth-order valence-electron chi connectivity index (χ4n) is 1.66. The number of nitrogens with one attached hydrogen (secondary N) is 1. The van der Waals surface area contributed by atoms with Crippen molar-refractivity contribution < 1.29 is 4.74 Å². The Bertz CT molecular complexity index is 589. The Morgan fingerprint density at radius 3 is 2.74 bits per heavy atom. The lowest BCUT2D eigenvalue weighted by atomic mass is 10.2. The Kier molecular flexibility index (Phi) is 3.97. The fraction of sp³-hybridized carbons (Fsp3) is 0.154. The van der Waals surface area contributed by atoms with Gasteiger partial charge in [-0.15, -0.1) is 0 Å². The van der Waals surface area contributed by atoms with E-state index in [0.717, 1.165) is 11.3 Å². The highest BCUT2D eigenvalue weighted by Gasteiger charge is 2.08. The molecule has 0 aliphatic carbocycles. The Labute approximate surface area is 116 Å². The van der Waals surface area contributed by atoms with Crippen LogP contribution in [-0.2, 0) is 6.54 Å². The number of rotatable bonds is 4. The molecule has 0 saturated heterocycles. The van der Waals surface area contributed by atoms with Gasteiger partial charge in [0, 0.05) is 17.1 Å². The number of ether oxygens (including phenoxy) is 1. The lowest BCUT2D eigenvalue weighted by molar-refractivity contribution is 0.410. The third-order valence-corrected chi connectivity index (χ3v) is 3.05. The van der Waals surface area contributed by atoms with Crippen molar-refractivity contribution in [2.24, 2.45) is 0 Å². The van der Waals surface area contributed by atoms with E-state index in [4.69, 9.17) is 27.8 Å².